The van der Waals surface area contributed by atoms with Crippen LogP contribution in [0.1, 0.15) is 92.9 Å². The number of nitrogens with zero attached hydrogens (tertiary/aromatic N) is 1. The van der Waals surface area contributed by atoms with Gasteiger partial charge in [0.1, 0.15) is 11.9 Å². The summed E-state index contributed by atoms with van der Waals surface area (Å²) in [6.45, 7) is 17.5. The minimum atomic E-state index is -0.361. The van der Waals surface area contributed by atoms with Crippen LogP contribution in [0.5, 0.6) is 5.75 Å². The van der Waals surface area contributed by atoms with Crippen molar-refractivity contribution in [2.45, 2.75) is 99.0 Å². The molecule has 1 aromatic carbocycles. The van der Waals surface area contributed by atoms with E-state index < -0.39 is 0 Å². The van der Waals surface area contributed by atoms with Crippen LogP contribution in [0.25, 0.3) is 0 Å². The second-order valence-electron chi connectivity index (χ2n) is 11.5. The zero-order valence-electron chi connectivity index (χ0n) is 23.2. The third kappa shape index (κ3) is 6.15. The predicted molar refractivity (Wildman–Crippen MR) is 145 cm³/mol. The summed E-state index contributed by atoms with van der Waals surface area (Å²) in [7, 11) is 0. The molecule has 1 amide bonds. The van der Waals surface area contributed by atoms with E-state index in [-0.39, 0.29) is 23.0 Å². The van der Waals surface area contributed by atoms with E-state index in [4.69, 9.17) is 9.47 Å². The van der Waals surface area contributed by atoms with Crippen molar-refractivity contribution in [1.82, 2.24) is 4.90 Å². The van der Waals surface area contributed by atoms with E-state index in [1.165, 1.54) is 38.5 Å². The molecule has 1 aromatic rings. The van der Waals surface area contributed by atoms with Crippen molar-refractivity contribution in [1.29, 1.82) is 0 Å². The van der Waals surface area contributed by atoms with Crippen molar-refractivity contribution in [2.24, 2.45) is 22.7 Å². The number of rotatable bonds is 14. The van der Waals surface area contributed by atoms with Crippen LogP contribution >= 0.6 is 0 Å². The average Bonchev–Trinajstić information content (AvgIpc) is 3.16. The number of benzene rings is 1. The van der Waals surface area contributed by atoms with Gasteiger partial charge in [0.2, 0.25) is 0 Å². The van der Waals surface area contributed by atoms with Crippen molar-refractivity contribution < 1.29 is 14.3 Å². The van der Waals surface area contributed by atoms with Gasteiger partial charge in [0, 0.05) is 17.9 Å². The van der Waals surface area contributed by atoms with Crippen LogP contribution in [0.15, 0.2) is 24.3 Å². The maximum absolute atomic E-state index is 13.2. The molecular weight excluding hydrogens is 436 g/mol. The summed E-state index contributed by atoms with van der Waals surface area (Å²) < 4.78 is 12.3. The molecule has 0 aromatic heterocycles. The van der Waals surface area contributed by atoms with Gasteiger partial charge < -0.3 is 14.4 Å². The molecule has 4 atom stereocenters. The Morgan fingerprint density at radius 1 is 1.03 bits per heavy atom. The first-order valence-corrected chi connectivity index (χ1v) is 14.2. The normalized spacial score (nSPS) is 26.8. The van der Waals surface area contributed by atoms with Crippen molar-refractivity contribution in [2.75, 3.05) is 31.6 Å². The number of nitrogens with one attached hydrogen (secondary N) is 1. The smallest absolute Gasteiger partial charge is 0.412 e. The molecule has 5 nitrogen and oxygen atoms in total. The summed E-state index contributed by atoms with van der Waals surface area (Å²) in [5, 5.41) is 3.01. The van der Waals surface area contributed by atoms with E-state index in [0.717, 1.165) is 38.2 Å². The van der Waals surface area contributed by atoms with Crippen LogP contribution < -0.4 is 10.1 Å². The fourth-order valence-corrected chi connectivity index (χ4v) is 6.74. The SMILES string of the molecule is CCCCCCCCOc1ccccc1NC(=O)O[C@@H]1[C@H](CN(CC)CC)[C@@H]2CC[C@@]1(C)C2(C)C. The fraction of sp³-hybridized carbons (Fsp3) is 0.767. The molecule has 3 rings (SSSR count). The van der Waals surface area contributed by atoms with Crippen LogP contribution in [-0.2, 0) is 4.74 Å². The topological polar surface area (TPSA) is 50.8 Å². The lowest BCUT2D eigenvalue weighted by Gasteiger charge is -2.40. The first-order valence-electron chi connectivity index (χ1n) is 14.2. The predicted octanol–water partition coefficient (Wildman–Crippen LogP) is 7.76. The summed E-state index contributed by atoms with van der Waals surface area (Å²) >= 11 is 0. The number of para-hydroxylation sites is 2. The minimum Gasteiger partial charge on any atom is -0.491 e. The van der Waals surface area contributed by atoms with Crippen LogP contribution in [0, 0.1) is 22.7 Å². The van der Waals surface area contributed by atoms with E-state index in [0.29, 0.717) is 24.1 Å². The van der Waals surface area contributed by atoms with Gasteiger partial charge in [-0.05, 0) is 55.8 Å². The van der Waals surface area contributed by atoms with Gasteiger partial charge in [-0.15, -0.1) is 0 Å². The summed E-state index contributed by atoms with van der Waals surface area (Å²) in [4.78, 5) is 15.7. The highest BCUT2D eigenvalue weighted by Gasteiger charge is 2.67. The Balaban J connectivity index is 1.62. The number of unbranched alkanes of at least 4 members (excludes halogenated alkanes) is 5. The maximum Gasteiger partial charge on any atom is 0.412 e. The third-order valence-electron chi connectivity index (χ3n) is 9.38. The Hall–Kier alpha value is -1.75. The molecule has 1 N–H and O–H groups in total. The summed E-state index contributed by atoms with van der Waals surface area (Å²) in [6, 6.07) is 7.71. The Morgan fingerprint density at radius 2 is 1.71 bits per heavy atom. The molecule has 2 saturated carbocycles. The van der Waals surface area contributed by atoms with E-state index in [9.17, 15) is 4.79 Å². The zero-order valence-corrected chi connectivity index (χ0v) is 23.2. The highest BCUT2D eigenvalue weighted by atomic mass is 16.6. The van der Waals surface area contributed by atoms with Crippen molar-refractivity contribution in [3.8, 4) is 5.75 Å². The number of amides is 1. The second kappa shape index (κ2) is 12.5. The van der Waals surface area contributed by atoms with Gasteiger partial charge in [-0.25, -0.2) is 4.79 Å². The lowest BCUT2D eigenvalue weighted by Crippen LogP contribution is -2.45. The molecule has 0 spiro atoms. The van der Waals surface area contributed by atoms with Crippen LogP contribution in [0.2, 0.25) is 0 Å². The monoisotopic (exact) mass is 486 g/mol. The Bertz CT molecular complexity index is 807. The van der Waals surface area contributed by atoms with Gasteiger partial charge >= 0.3 is 6.09 Å². The summed E-state index contributed by atoms with van der Waals surface area (Å²) in [6.07, 6.45) is 9.26. The van der Waals surface area contributed by atoms with E-state index in [1.807, 2.05) is 24.3 Å². The largest absolute Gasteiger partial charge is 0.491 e. The van der Waals surface area contributed by atoms with Gasteiger partial charge in [-0.1, -0.05) is 85.8 Å². The number of anilines is 1. The highest BCUT2D eigenvalue weighted by Crippen LogP contribution is 2.68. The first kappa shape index (κ1) is 27.8. The van der Waals surface area contributed by atoms with E-state index >= 15 is 0 Å². The van der Waals surface area contributed by atoms with Gasteiger partial charge in [-0.3, -0.25) is 5.32 Å². The fourth-order valence-electron chi connectivity index (χ4n) is 6.74. The quantitative estimate of drug-likeness (QED) is 0.273. The molecule has 2 aliphatic carbocycles. The molecule has 5 heteroatoms. The zero-order chi connectivity index (χ0) is 25.5. The molecule has 0 unspecified atom stereocenters. The van der Waals surface area contributed by atoms with Gasteiger partial charge in [0.15, 0.2) is 0 Å². The molecule has 0 radical (unpaired) electrons. The Kier molecular flexibility index (Phi) is 9.92. The number of ether oxygens (including phenoxy) is 2. The highest BCUT2D eigenvalue weighted by molar-refractivity contribution is 5.86. The standard InChI is InChI=1S/C30H50N2O3/c1-7-10-11-12-13-16-21-34-26-18-15-14-17-25(26)31-28(33)35-27-23(22-32(8-2)9-3)24-19-20-30(27,6)29(24,4)5/h14-15,17-18,23-24,27H,7-13,16,19-22H2,1-6H3,(H,31,33)/t23-,24+,27-,30-/m1/s1. The van der Waals surface area contributed by atoms with E-state index in [1.54, 1.807) is 0 Å². The number of carbonyl (C=O) groups excluding carboxylic acids is 1. The number of hydrogen-bond acceptors (Lipinski definition) is 4. The minimum absolute atomic E-state index is 0.000615. The molecular formula is C30H50N2O3. The first-order chi connectivity index (χ1) is 16.8. The average molecular weight is 487 g/mol. The molecule has 2 fully saturated rings. The molecule has 2 aliphatic rings. The molecule has 0 heterocycles. The lowest BCUT2D eigenvalue weighted by molar-refractivity contribution is -0.0258. The van der Waals surface area contributed by atoms with Crippen LogP contribution in [0.4, 0.5) is 10.5 Å². The van der Waals surface area contributed by atoms with Crippen molar-refractivity contribution >= 4 is 11.8 Å². The summed E-state index contributed by atoms with van der Waals surface area (Å²) in [5.41, 5.74) is 0.852. The molecule has 2 bridgehead atoms. The van der Waals surface area contributed by atoms with Gasteiger partial charge in [0.25, 0.3) is 0 Å². The van der Waals surface area contributed by atoms with Gasteiger partial charge in [-0.2, -0.15) is 0 Å². The Morgan fingerprint density at radius 3 is 2.43 bits per heavy atom. The lowest BCUT2D eigenvalue weighted by atomic mass is 9.70. The molecule has 198 valence electrons. The van der Waals surface area contributed by atoms with E-state index in [2.05, 4.69) is 51.8 Å². The van der Waals surface area contributed by atoms with Crippen molar-refractivity contribution in [3.05, 3.63) is 24.3 Å². The number of carbonyl (C=O) groups is 1. The number of hydrogen-bond donors (Lipinski definition) is 1. The maximum atomic E-state index is 13.2. The molecule has 0 aliphatic heterocycles. The Labute approximate surface area is 214 Å². The third-order valence-corrected chi connectivity index (χ3v) is 9.38. The van der Waals surface area contributed by atoms with Gasteiger partial charge in [0.05, 0.1) is 12.3 Å². The van der Waals surface area contributed by atoms with Crippen LogP contribution in [-0.4, -0.2) is 43.3 Å². The summed E-state index contributed by atoms with van der Waals surface area (Å²) in [5.74, 6) is 1.67. The molecule has 0 saturated heterocycles. The van der Waals surface area contributed by atoms with Crippen molar-refractivity contribution in [3.63, 3.8) is 0 Å². The molecule has 35 heavy (non-hydrogen) atoms. The second-order valence-corrected chi connectivity index (χ2v) is 11.5. The number of fused-ring (bicyclic) bond motifs is 2. The van der Waals surface area contributed by atoms with Crippen LogP contribution in [0.3, 0.4) is 0 Å².